The third kappa shape index (κ3) is 5.48. The minimum atomic E-state index is -0.115. The maximum atomic E-state index is 12.9. The van der Waals surface area contributed by atoms with Crippen molar-refractivity contribution >= 4 is 11.7 Å². The van der Waals surface area contributed by atoms with E-state index in [4.69, 9.17) is 0 Å². The second-order valence-electron chi connectivity index (χ2n) is 9.99. The molecule has 1 unspecified atom stereocenters. The Labute approximate surface area is 211 Å². The van der Waals surface area contributed by atoms with Gasteiger partial charge >= 0.3 is 0 Å². The molecule has 5 rings (SSSR count). The van der Waals surface area contributed by atoms with E-state index in [1.54, 1.807) is 17.0 Å². The van der Waals surface area contributed by atoms with E-state index in [-0.39, 0.29) is 17.4 Å². The Morgan fingerprint density at radius 3 is 2.64 bits per heavy atom. The molecule has 1 saturated carbocycles. The predicted octanol–water partition coefficient (Wildman–Crippen LogP) is 3.70. The van der Waals surface area contributed by atoms with Crippen molar-refractivity contribution in [1.82, 2.24) is 25.1 Å². The normalized spacial score (nSPS) is 18.4. The minimum absolute atomic E-state index is 0.0211. The first-order valence-corrected chi connectivity index (χ1v) is 13.1. The SMILES string of the molecule is Cc1ccccc1-c1ccc(N2CCCC(C(=O)NCCn3cnc(C4CCCC4)cc3=O)C2)nn1. The smallest absolute Gasteiger partial charge is 0.253 e. The molecule has 0 spiro atoms. The summed E-state index contributed by atoms with van der Waals surface area (Å²) in [7, 11) is 0. The van der Waals surface area contributed by atoms with Crippen LogP contribution in [0, 0.1) is 12.8 Å². The Hall–Kier alpha value is -3.55. The van der Waals surface area contributed by atoms with Crippen LogP contribution in [0.2, 0.25) is 0 Å². The number of amides is 1. The Balaban J connectivity index is 1.14. The molecule has 1 aliphatic heterocycles. The van der Waals surface area contributed by atoms with E-state index >= 15 is 0 Å². The van der Waals surface area contributed by atoms with Crippen LogP contribution in [-0.4, -0.2) is 45.3 Å². The molecule has 1 N–H and O–H groups in total. The number of carbonyl (C=O) groups is 1. The quantitative estimate of drug-likeness (QED) is 0.547. The monoisotopic (exact) mass is 486 g/mol. The lowest BCUT2D eigenvalue weighted by Crippen LogP contribution is -2.44. The summed E-state index contributed by atoms with van der Waals surface area (Å²) in [6.07, 6.45) is 8.06. The molecule has 3 aromatic rings. The Morgan fingerprint density at radius 1 is 1.06 bits per heavy atom. The number of nitrogens with one attached hydrogen (secondary N) is 1. The fourth-order valence-electron chi connectivity index (χ4n) is 5.39. The van der Waals surface area contributed by atoms with E-state index in [1.165, 1.54) is 12.8 Å². The van der Waals surface area contributed by atoms with Crippen LogP contribution < -0.4 is 15.8 Å². The molecule has 1 saturated heterocycles. The second kappa shape index (κ2) is 11.0. The highest BCUT2D eigenvalue weighted by molar-refractivity contribution is 5.79. The van der Waals surface area contributed by atoms with E-state index in [0.717, 1.165) is 60.6 Å². The fourth-order valence-corrected chi connectivity index (χ4v) is 5.39. The number of hydrogen-bond donors (Lipinski definition) is 1. The average molecular weight is 487 g/mol. The van der Waals surface area contributed by atoms with Gasteiger partial charge < -0.3 is 10.2 Å². The standard InChI is InChI=1S/C28H34N6O2/c1-20-7-2-5-11-23(20)24-12-13-26(32-31-24)33-15-6-10-22(18-33)28(36)29-14-16-34-19-30-25(17-27(34)35)21-8-3-4-9-21/h2,5,7,11-13,17,19,21-22H,3-4,6,8-10,14-16,18H2,1H3,(H,29,36). The van der Waals surface area contributed by atoms with E-state index in [0.29, 0.717) is 25.6 Å². The maximum absolute atomic E-state index is 12.9. The lowest BCUT2D eigenvalue weighted by atomic mass is 9.97. The topological polar surface area (TPSA) is 93.0 Å². The first-order chi connectivity index (χ1) is 17.6. The van der Waals surface area contributed by atoms with Gasteiger partial charge in [-0.25, -0.2) is 4.98 Å². The molecule has 1 atom stereocenters. The zero-order chi connectivity index (χ0) is 24.9. The molecule has 2 aromatic heterocycles. The molecule has 1 aliphatic carbocycles. The number of benzene rings is 1. The summed E-state index contributed by atoms with van der Waals surface area (Å²) in [6.45, 7) is 4.37. The summed E-state index contributed by atoms with van der Waals surface area (Å²) in [5.74, 6) is 1.12. The van der Waals surface area contributed by atoms with Crippen molar-refractivity contribution in [2.75, 3.05) is 24.5 Å². The van der Waals surface area contributed by atoms with Crippen molar-refractivity contribution in [3.63, 3.8) is 0 Å². The average Bonchev–Trinajstić information content (AvgIpc) is 3.45. The number of piperidine rings is 1. The summed E-state index contributed by atoms with van der Waals surface area (Å²) in [5.41, 5.74) is 3.96. The van der Waals surface area contributed by atoms with Crippen LogP contribution in [0.4, 0.5) is 5.82 Å². The zero-order valence-corrected chi connectivity index (χ0v) is 20.9. The van der Waals surface area contributed by atoms with Crippen LogP contribution in [0.25, 0.3) is 11.3 Å². The molecule has 188 valence electrons. The van der Waals surface area contributed by atoms with Gasteiger partial charge in [0.15, 0.2) is 5.82 Å². The van der Waals surface area contributed by atoms with Crippen molar-refractivity contribution < 1.29 is 4.79 Å². The van der Waals surface area contributed by atoms with Crippen molar-refractivity contribution in [3.8, 4) is 11.3 Å². The Morgan fingerprint density at radius 2 is 1.89 bits per heavy atom. The summed E-state index contributed by atoms with van der Waals surface area (Å²) in [5, 5.41) is 11.9. The predicted molar refractivity (Wildman–Crippen MR) is 140 cm³/mol. The van der Waals surface area contributed by atoms with E-state index in [9.17, 15) is 9.59 Å². The Bertz CT molecular complexity index is 1250. The first kappa shape index (κ1) is 24.2. The number of nitrogens with zero attached hydrogens (tertiary/aromatic N) is 5. The lowest BCUT2D eigenvalue weighted by molar-refractivity contribution is -0.125. The molecule has 0 bridgehead atoms. The number of hydrogen-bond acceptors (Lipinski definition) is 6. The van der Waals surface area contributed by atoms with Crippen molar-refractivity contribution in [2.24, 2.45) is 5.92 Å². The number of aromatic nitrogens is 4. The van der Waals surface area contributed by atoms with Crippen molar-refractivity contribution in [2.45, 2.75) is 57.9 Å². The van der Waals surface area contributed by atoms with Gasteiger partial charge in [0, 0.05) is 43.7 Å². The van der Waals surface area contributed by atoms with Gasteiger partial charge in [0.1, 0.15) is 0 Å². The van der Waals surface area contributed by atoms with Crippen LogP contribution in [0.3, 0.4) is 0 Å². The van der Waals surface area contributed by atoms with E-state index < -0.39 is 0 Å². The van der Waals surface area contributed by atoms with Crippen LogP contribution >= 0.6 is 0 Å². The third-order valence-electron chi connectivity index (χ3n) is 7.51. The summed E-state index contributed by atoms with van der Waals surface area (Å²) < 4.78 is 1.58. The number of anilines is 1. The van der Waals surface area contributed by atoms with Crippen LogP contribution in [-0.2, 0) is 11.3 Å². The molecule has 2 fully saturated rings. The summed E-state index contributed by atoms with van der Waals surface area (Å²) >= 11 is 0. The zero-order valence-electron chi connectivity index (χ0n) is 20.9. The molecule has 2 aliphatic rings. The van der Waals surface area contributed by atoms with E-state index in [1.807, 2.05) is 24.3 Å². The van der Waals surface area contributed by atoms with Gasteiger partial charge in [0.05, 0.1) is 23.6 Å². The number of aryl methyl sites for hydroxylation is 1. The van der Waals surface area contributed by atoms with Gasteiger partial charge in [0.25, 0.3) is 5.56 Å². The Kier molecular flexibility index (Phi) is 7.39. The molecular formula is C28H34N6O2. The molecule has 8 heteroatoms. The first-order valence-electron chi connectivity index (χ1n) is 13.1. The lowest BCUT2D eigenvalue weighted by Gasteiger charge is -2.32. The largest absolute Gasteiger partial charge is 0.354 e. The van der Waals surface area contributed by atoms with Crippen molar-refractivity contribution in [3.05, 3.63) is 70.4 Å². The van der Waals surface area contributed by atoms with Gasteiger partial charge in [0.2, 0.25) is 5.91 Å². The molecule has 0 radical (unpaired) electrons. The molecule has 8 nitrogen and oxygen atoms in total. The van der Waals surface area contributed by atoms with Gasteiger partial charge in [-0.1, -0.05) is 37.1 Å². The minimum Gasteiger partial charge on any atom is -0.354 e. The molecule has 3 heterocycles. The number of rotatable bonds is 7. The van der Waals surface area contributed by atoms with Gasteiger partial charge in [-0.2, -0.15) is 0 Å². The molecule has 1 amide bonds. The highest BCUT2D eigenvalue weighted by atomic mass is 16.2. The molecule has 36 heavy (non-hydrogen) atoms. The van der Waals surface area contributed by atoms with Crippen LogP contribution in [0.5, 0.6) is 0 Å². The third-order valence-corrected chi connectivity index (χ3v) is 7.51. The van der Waals surface area contributed by atoms with Gasteiger partial charge in [-0.05, 0) is 50.3 Å². The van der Waals surface area contributed by atoms with Crippen LogP contribution in [0.1, 0.15) is 55.7 Å². The fraction of sp³-hybridized carbons (Fsp3) is 0.464. The van der Waals surface area contributed by atoms with E-state index in [2.05, 4.69) is 44.5 Å². The second-order valence-corrected chi connectivity index (χ2v) is 9.99. The van der Waals surface area contributed by atoms with Gasteiger partial charge in [-0.15, -0.1) is 10.2 Å². The maximum Gasteiger partial charge on any atom is 0.253 e. The number of carbonyl (C=O) groups excluding carboxylic acids is 1. The summed E-state index contributed by atoms with van der Waals surface area (Å²) in [4.78, 5) is 32.0. The highest BCUT2D eigenvalue weighted by Crippen LogP contribution is 2.32. The van der Waals surface area contributed by atoms with Crippen molar-refractivity contribution in [1.29, 1.82) is 0 Å². The molecular weight excluding hydrogens is 452 g/mol. The highest BCUT2D eigenvalue weighted by Gasteiger charge is 2.26. The van der Waals surface area contributed by atoms with Gasteiger partial charge in [-0.3, -0.25) is 14.2 Å². The summed E-state index contributed by atoms with van der Waals surface area (Å²) in [6, 6.07) is 13.8. The molecule has 1 aromatic carbocycles. The van der Waals surface area contributed by atoms with Crippen LogP contribution in [0.15, 0.2) is 53.6 Å².